The van der Waals surface area contributed by atoms with Crippen molar-refractivity contribution in [1.82, 2.24) is 4.98 Å². The average molecular weight is 483 g/mol. The topological polar surface area (TPSA) is 80.5 Å². The minimum Gasteiger partial charge on any atom is -0.377 e. The molecule has 0 saturated carbocycles. The van der Waals surface area contributed by atoms with Gasteiger partial charge in [0.15, 0.2) is 0 Å². The van der Waals surface area contributed by atoms with Crippen molar-refractivity contribution in [2.24, 2.45) is 5.73 Å². The SMILES string of the molecule is Cc1ccc(NC(=O)c2ccnc(C(F)(F)F)c2)cc1-c1ccc2c(c1)N1CCOCC1CC2N. The number of alkyl halides is 3. The number of nitrogens with one attached hydrogen (secondary N) is 1. The van der Waals surface area contributed by atoms with E-state index in [2.05, 4.69) is 27.3 Å². The normalized spacial score (nSPS) is 19.6. The van der Waals surface area contributed by atoms with Crippen molar-refractivity contribution in [2.45, 2.75) is 31.6 Å². The van der Waals surface area contributed by atoms with E-state index < -0.39 is 17.8 Å². The molecule has 1 saturated heterocycles. The maximum atomic E-state index is 13.0. The molecule has 9 heteroatoms. The number of benzene rings is 2. The zero-order chi connectivity index (χ0) is 24.7. The standard InChI is InChI=1S/C26H25F3N4O2/c1-15-2-4-18(32-25(34)17-6-7-31-24(11-17)26(27,28)29)12-21(15)16-3-5-20-22(30)13-19-14-35-9-8-33(19)23(20)10-16/h2-7,10-12,19,22H,8-9,13-14,30H2,1H3,(H,32,34). The summed E-state index contributed by atoms with van der Waals surface area (Å²) >= 11 is 0. The lowest BCUT2D eigenvalue weighted by Gasteiger charge is -2.44. The predicted octanol–water partition coefficient (Wildman–Crippen LogP) is 4.94. The second-order valence-electron chi connectivity index (χ2n) is 8.95. The molecule has 6 nitrogen and oxygen atoms in total. The van der Waals surface area contributed by atoms with Crippen LogP contribution in [0.1, 0.15) is 39.6 Å². The Kier molecular flexibility index (Phi) is 5.98. The van der Waals surface area contributed by atoms with E-state index in [1.54, 1.807) is 6.07 Å². The summed E-state index contributed by atoms with van der Waals surface area (Å²) in [7, 11) is 0. The summed E-state index contributed by atoms with van der Waals surface area (Å²) in [4.78, 5) is 18.3. The molecule has 0 aliphatic carbocycles. The number of hydrogen-bond donors (Lipinski definition) is 2. The van der Waals surface area contributed by atoms with Gasteiger partial charge in [0.2, 0.25) is 0 Å². The number of anilines is 2. The fourth-order valence-corrected chi connectivity index (χ4v) is 4.80. The monoisotopic (exact) mass is 482 g/mol. The van der Waals surface area contributed by atoms with E-state index in [1.165, 1.54) is 6.07 Å². The molecule has 5 rings (SSSR count). The number of hydrogen-bond acceptors (Lipinski definition) is 5. The van der Waals surface area contributed by atoms with Crippen molar-refractivity contribution in [3.63, 3.8) is 0 Å². The molecule has 35 heavy (non-hydrogen) atoms. The third-order valence-electron chi connectivity index (χ3n) is 6.61. The molecule has 3 N–H and O–H groups in total. The number of nitrogens with zero attached hydrogens (tertiary/aromatic N) is 2. The minimum atomic E-state index is -4.62. The molecule has 2 unspecified atom stereocenters. The van der Waals surface area contributed by atoms with Crippen LogP contribution < -0.4 is 16.0 Å². The number of carbonyl (C=O) groups excluding carboxylic acids is 1. The van der Waals surface area contributed by atoms with Gasteiger partial charge in [-0.3, -0.25) is 9.78 Å². The first-order chi connectivity index (χ1) is 16.7. The number of fused-ring (bicyclic) bond motifs is 3. The first-order valence-corrected chi connectivity index (χ1v) is 11.4. The molecule has 2 aliphatic rings. The van der Waals surface area contributed by atoms with Gasteiger partial charge in [-0.05, 0) is 65.9 Å². The van der Waals surface area contributed by atoms with Gasteiger partial charge < -0.3 is 20.7 Å². The Labute approximate surface area is 200 Å². The van der Waals surface area contributed by atoms with E-state index in [-0.39, 0.29) is 17.6 Å². The number of amides is 1. The molecule has 182 valence electrons. The summed E-state index contributed by atoms with van der Waals surface area (Å²) in [6, 6.07) is 13.8. The van der Waals surface area contributed by atoms with Crippen LogP contribution in [0.15, 0.2) is 54.7 Å². The zero-order valence-corrected chi connectivity index (χ0v) is 19.1. The number of aryl methyl sites for hydroxylation is 1. The summed E-state index contributed by atoms with van der Waals surface area (Å²) in [5.41, 5.74) is 10.8. The number of carbonyl (C=O) groups is 1. The Bertz CT molecular complexity index is 1280. The van der Waals surface area contributed by atoms with Gasteiger partial charge in [0.1, 0.15) is 5.69 Å². The van der Waals surface area contributed by atoms with Crippen molar-refractivity contribution in [2.75, 3.05) is 30.0 Å². The maximum Gasteiger partial charge on any atom is 0.433 e. The van der Waals surface area contributed by atoms with Gasteiger partial charge >= 0.3 is 6.18 Å². The van der Waals surface area contributed by atoms with E-state index in [1.807, 2.05) is 25.1 Å². The highest BCUT2D eigenvalue weighted by molar-refractivity contribution is 6.04. The number of ether oxygens (including phenoxy) is 1. The molecule has 1 aromatic heterocycles. The number of morpholine rings is 1. The molecule has 0 radical (unpaired) electrons. The van der Waals surface area contributed by atoms with Gasteiger partial charge in [0.25, 0.3) is 5.91 Å². The van der Waals surface area contributed by atoms with E-state index >= 15 is 0 Å². The van der Waals surface area contributed by atoms with Crippen LogP contribution in [-0.2, 0) is 10.9 Å². The lowest BCUT2D eigenvalue weighted by atomic mass is 9.88. The molecule has 0 spiro atoms. The number of nitrogens with two attached hydrogens (primary N) is 1. The Hall–Kier alpha value is -3.43. The Morgan fingerprint density at radius 3 is 2.80 bits per heavy atom. The summed E-state index contributed by atoms with van der Waals surface area (Å²) in [5.74, 6) is -0.639. The molecule has 2 atom stereocenters. The average Bonchev–Trinajstić information content (AvgIpc) is 2.84. The summed E-state index contributed by atoms with van der Waals surface area (Å²) < 4.78 is 44.6. The van der Waals surface area contributed by atoms with Crippen LogP contribution in [0.5, 0.6) is 0 Å². The van der Waals surface area contributed by atoms with Crippen LogP contribution in [-0.4, -0.2) is 36.7 Å². The van der Waals surface area contributed by atoms with Crippen LogP contribution in [0, 0.1) is 6.92 Å². The van der Waals surface area contributed by atoms with Gasteiger partial charge in [0, 0.05) is 35.7 Å². The van der Waals surface area contributed by atoms with Crippen molar-refractivity contribution in [3.8, 4) is 11.1 Å². The summed E-state index contributed by atoms with van der Waals surface area (Å²) in [5, 5.41) is 2.71. The van der Waals surface area contributed by atoms with E-state index in [4.69, 9.17) is 10.5 Å². The second-order valence-corrected chi connectivity index (χ2v) is 8.95. The Morgan fingerprint density at radius 1 is 1.17 bits per heavy atom. The highest BCUT2D eigenvalue weighted by Gasteiger charge is 2.34. The number of aromatic nitrogens is 1. The predicted molar refractivity (Wildman–Crippen MR) is 127 cm³/mol. The number of rotatable bonds is 3. The first kappa shape index (κ1) is 23.3. The molecule has 1 amide bonds. The van der Waals surface area contributed by atoms with Gasteiger partial charge in [-0.2, -0.15) is 13.2 Å². The third kappa shape index (κ3) is 4.61. The molecular weight excluding hydrogens is 457 g/mol. The largest absolute Gasteiger partial charge is 0.433 e. The highest BCUT2D eigenvalue weighted by atomic mass is 19.4. The van der Waals surface area contributed by atoms with Gasteiger partial charge in [0.05, 0.1) is 19.3 Å². The lowest BCUT2D eigenvalue weighted by Crippen LogP contribution is -2.50. The van der Waals surface area contributed by atoms with Crippen LogP contribution in [0.4, 0.5) is 24.5 Å². The summed E-state index contributed by atoms with van der Waals surface area (Å²) in [6.07, 6.45) is -2.80. The van der Waals surface area contributed by atoms with Gasteiger partial charge in [-0.25, -0.2) is 0 Å². The van der Waals surface area contributed by atoms with Crippen LogP contribution in [0.25, 0.3) is 11.1 Å². The quantitative estimate of drug-likeness (QED) is 0.553. The molecule has 3 heterocycles. The van der Waals surface area contributed by atoms with Crippen molar-refractivity contribution in [1.29, 1.82) is 0 Å². The summed E-state index contributed by atoms with van der Waals surface area (Å²) in [6.45, 7) is 4.10. The molecular formula is C26H25F3N4O2. The fourth-order valence-electron chi connectivity index (χ4n) is 4.80. The van der Waals surface area contributed by atoms with E-state index in [0.717, 1.165) is 53.2 Å². The fraction of sp³-hybridized carbons (Fsp3) is 0.308. The highest BCUT2D eigenvalue weighted by Crippen LogP contribution is 2.40. The maximum absolute atomic E-state index is 13.0. The zero-order valence-electron chi connectivity index (χ0n) is 19.1. The minimum absolute atomic E-state index is 0.0596. The van der Waals surface area contributed by atoms with Crippen molar-refractivity contribution in [3.05, 3.63) is 77.1 Å². The van der Waals surface area contributed by atoms with Crippen LogP contribution in [0.2, 0.25) is 0 Å². The van der Waals surface area contributed by atoms with E-state index in [9.17, 15) is 18.0 Å². The van der Waals surface area contributed by atoms with Gasteiger partial charge in [-0.1, -0.05) is 18.2 Å². The second kappa shape index (κ2) is 8.98. The Morgan fingerprint density at radius 2 is 2.00 bits per heavy atom. The molecule has 1 fully saturated rings. The molecule has 0 bridgehead atoms. The van der Waals surface area contributed by atoms with Crippen molar-refractivity contribution < 1.29 is 22.7 Å². The molecule has 2 aromatic carbocycles. The van der Waals surface area contributed by atoms with E-state index in [0.29, 0.717) is 18.9 Å². The van der Waals surface area contributed by atoms with Crippen LogP contribution >= 0.6 is 0 Å². The van der Waals surface area contributed by atoms with Crippen LogP contribution in [0.3, 0.4) is 0 Å². The number of pyridine rings is 1. The van der Waals surface area contributed by atoms with Gasteiger partial charge in [-0.15, -0.1) is 0 Å². The number of halogens is 3. The van der Waals surface area contributed by atoms with Crippen molar-refractivity contribution >= 4 is 17.3 Å². The molecule has 2 aliphatic heterocycles. The lowest BCUT2D eigenvalue weighted by molar-refractivity contribution is -0.141. The smallest absolute Gasteiger partial charge is 0.377 e. The Balaban J connectivity index is 1.44. The third-order valence-corrected chi connectivity index (χ3v) is 6.61. The molecule has 3 aromatic rings. The first-order valence-electron chi connectivity index (χ1n) is 11.4.